The summed E-state index contributed by atoms with van der Waals surface area (Å²) in [6, 6.07) is 9.39. The Balaban J connectivity index is 2.03. The van der Waals surface area contributed by atoms with Crippen molar-refractivity contribution in [2.24, 2.45) is 5.92 Å². The smallest absolute Gasteiger partial charge is 0.313 e. The van der Waals surface area contributed by atoms with Gasteiger partial charge in [-0.3, -0.25) is 4.79 Å². The van der Waals surface area contributed by atoms with Crippen LogP contribution in [0.25, 0.3) is 0 Å². The van der Waals surface area contributed by atoms with E-state index in [1.165, 1.54) is 0 Å². The van der Waals surface area contributed by atoms with Crippen LogP contribution in [0.3, 0.4) is 0 Å². The van der Waals surface area contributed by atoms with Crippen LogP contribution in [0.1, 0.15) is 5.56 Å². The van der Waals surface area contributed by atoms with E-state index >= 15 is 0 Å². The third-order valence-electron chi connectivity index (χ3n) is 2.49. The van der Waals surface area contributed by atoms with Gasteiger partial charge < -0.3 is 9.47 Å². The fraction of sp³-hybridized carbons (Fsp3) is 0.333. The molecule has 1 aromatic rings. The van der Waals surface area contributed by atoms with E-state index in [0.29, 0.717) is 13.0 Å². The minimum Gasteiger partial charge on any atom is -0.492 e. The molecule has 0 radical (unpaired) electrons. The first-order valence-electron chi connectivity index (χ1n) is 5.05. The number of carbonyl (C=O) groups is 1. The van der Waals surface area contributed by atoms with Crippen molar-refractivity contribution >= 4 is 5.97 Å². The van der Waals surface area contributed by atoms with Gasteiger partial charge in [0.1, 0.15) is 18.4 Å². The molecule has 1 atom stereocenters. The van der Waals surface area contributed by atoms with Crippen molar-refractivity contribution in [1.82, 2.24) is 0 Å². The summed E-state index contributed by atoms with van der Waals surface area (Å²) in [5.74, 6) is 0.158. The first-order valence-corrected chi connectivity index (χ1v) is 5.05. The summed E-state index contributed by atoms with van der Waals surface area (Å²) in [6.07, 6.45) is 0.612. The molecule has 1 unspecified atom stereocenters. The van der Waals surface area contributed by atoms with Gasteiger partial charge in [-0.2, -0.15) is 5.26 Å². The van der Waals surface area contributed by atoms with Crippen molar-refractivity contribution in [1.29, 1.82) is 5.26 Å². The minimum absolute atomic E-state index is 0.197. The second-order valence-electron chi connectivity index (χ2n) is 3.59. The molecule has 0 saturated carbocycles. The van der Waals surface area contributed by atoms with Gasteiger partial charge in [-0.25, -0.2) is 0 Å². The predicted molar refractivity (Wildman–Crippen MR) is 55.7 cm³/mol. The Hall–Kier alpha value is -2.02. The van der Waals surface area contributed by atoms with Crippen LogP contribution in [-0.2, 0) is 16.0 Å². The number of fused-ring (bicyclic) bond motifs is 1. The second kappa shape index (κ2) is 4.67. The number of benzene rings is 1. The molecule has 4 heteroatoms. The number of esters is 1. The van der Waals surface area contributed by atoms with Crippen molar-refractivity contribution < 1.29 is 14.3 Å². The molecule has 82 valence electrons. The lowest BCUT2D eigenvalue weighted by atomic mass is 9.97. The Morgan fingerprint density at radius 1 is 1.56 bits per heavy atom. The molecule has 1 aliphatic heterocycles. The number of para-hydroxylation sites is 1. The summed E-state index contributed by atoms with van der Waals surface area (Å²) < 4.78 is 10.2. The Morgan fingerprint density at radius 2 is 2.38 bits per heavy atom. The second-order valence-corrected chi connectivity index (χ2v) is 3.59. The molecule has 0 saturated heterocycles. The highest BCUT2D eigenvalue weighted by Gasteiger charge is 2.26. The lowest BCUT2D eigenvalue weighted by Gasteiger charge is -2.23. The van der Waals surface area contributed by atoms with Crippen molar-refractivity contribution in [3.8, 4) is 11.8 Å². The molecule has 0 fully saturated rings. The molecular formula is C12H11NO3. The summed E-state index contributed by atoms with van der Waals surface area (Å²) in [6.45, 7) is 0.123. The van der Waals surface area contributed by atoms with Crippen LogP contribution in [0.15, 0.2) is 24.3 Å². The standard InChI is InChI=1S/C12H11NO3/c13-5-6-15-12(14)10-7-9-3-1-2-4-11(9)16-8-10/h1-4,10H,6-8H2. The van der Waals surface area contributed by atoms with Crippen LogP contribution in [0.4, 0.5) is 0 Å². The van der Waals surface area contributed by atoms with E-state index in [2.05, 4.69) is 0 Å². The lowest BCUT2D eigenvalue weighted by molar-refractivity contribution is -0.148. The Bertz CT molecular complexity index is 436. The largest absolute Gasteiger partial charge is 0.492 e. The molecular weight excluding hydrogens is 206 g/mol. The molecule has 2 rings (SSSR count). The van der Waals surface area contributed by atoms with Gasteiger partial charge in [0.2, 0.25) is 0 Å². The maximum Gasteiger partial charge on any atom is 0.313 e. The monoisotopic (exact) mass is 217 g/mol. The first-order chi connectivity index (χ1) is 7.81. The SMILES string of the molecule is N#CCOC(=O)C1COc2ccccc2C1. The Morgan fingerprint density at radius 3 is 3.19 bits per heavy atom. The van der Waals surface area contributed by atoms with Gasteiger partial charge in [-0.05, 0) is 18.1 Å². The number of rotatable bonds is 2. The van der Waals surface area contributed by atoms with E-state index in [4.69, 9.17) is 14.7 Å². The molecule has 0 aliphatic carbocycles. The van der Waals surface area contributed by atoms with Crippen molar-refractivity contribution in [3.05, 3.63) is 29.8 Å². The van der Waals surface area contributed by atoms with Crippen LogP contribution in [0.5, 0.6) is 5.75 Å². The maximum atomic E-state index is 11.5. The highest BCUT2D eigenvalue weighted by molar-refractivity contribution is 5.73. The molecule has 0 spiro atoms. The van der Waals surface area contributed by atoms with Gasteiger partial charge in [-0.15, -0.1) is 0 Å². The number of nitriles is 1. The number of nitrogens with zero attached hydrogens (tertiary/aromatic N) is 1. The lowest BCUT2D eigenvalue weighted by Crippen LogP contribution is -2.29. The summed E-state index contributed by atoms with van der Waals surface area (Å²) >= 11 is 0. The predicted octanol–water partition coefficient (Wildman–Crippen LogP) is 1.30. The minimum atomic E-state index is -0.365. The van der Waals surface area contributed by atoms with Crippen molar-refractivity contribution in [2.45, 2.75) is 6.42 Å². The zero-order chi connectivity index (χ0) is 11.4. The zero-order valence-corrected chi connectivity index (χ0v) is 8.68. The highest BCUT2D eigenvalue weighted by Crippen LogP contribution is 2.27. The molecule has 0 N–H and O–H groups in total. The van der Waals surface area contributed by atoms with E-state index in [1.807, 2.05) is 24.3 Å². The van der Waals surface area contributed by atoms with E-state index in [0.717, 1.165) is 11.3 Å². The third-order valence-corrected chi connectivity index (χ3v) is 2.49. The average Bonchev–Trinajstić information content (AvgIpc) is 2.35. The molecule has 1 aromatic carbocycles. The first kappa shape index (κ1) is 10.5. The molecule has 4 nitrogen and oxygen atoms in total. The van der Waals surface area contributed by atoms with Crippen LogP contribution >= 0.6 is 0 Å². The van der Waals surface area contributed by atoms with Crippen molar-refractivity contribution in [2.75, 3.05) is 13.2 Å². The Kier molecular flexibility index (Phi) is 3.06. The average molecular weight is 217 g/mol. The number of hydrogen-bond acceptors (Lipinski definition) is 4. The molecule has 1 aliphatic rings. The van der Waals surface area contributed by atoms with Gasteiger partial charge in [0.25, 0.3) is 0 Å². The van der Waals surface area contributed by atoms with Gasteiger partial charge in [-0.1, -0.05) is 18.2 Å². The number of ether oxygens (including phenoxy) is 2. The summed E-state index contributed by atoms with van der Waals surface area (Å²) in [5.41, 5.74) is 1.01. The fourth-order valence-electron chi connectivity index (χ4n) is 1.70. The highest BCUT2D eigenvalue weighted by atomic mass is 16.5. The zero-order valence-electron chi connectivity index (χ0n) is 8.68. The normalized spacial score (nSPS) is 17.8. The van der Waals surface area contributed by atoms with E-state index in [-0.39, 0.29) is 18.5 Å². The maximum absolute atomic E-state index is 11.5. The molecule has 0 bridgehead atoms. The summed E-state index contributed by atoms with van der Waals surface area (Å²) in [4.78, 5) is 11.5. The fourth-order valence-corrected chi connectivity index (χ4v) is 1.70. The van der Waals surface area contributed by atoms with Gasteiger partial charge in [0.05, 0.1) is 5.92 Å². The molecule has 16 heavy (non-hydrogen) atoms. The quantitative estimate of drug-likeness (QED) is 0.701. The van der Waals surface area contributed by atoms with Crippen LogP contribution < -0.4 is 4.74 Å². The molecule has 0 aromatic heterocycles. The van der Waals surface area contributed by atoms with E-state index < -0.39 is 0 Å². The van der Waals surface area contributed by atoms with Crippen LogP contribution in [0, 0.1) is 17.2 Å². The van der Waals surface area contributed by atoms with Gasteiger partial charge in [0, 0.05) is 0 Å². The summed E-state index contributed by atoms with van der Waals surface area (Å²) in [7, 11) is 0. The number of hydrogen-bond donors (Lipinski definition) is 0. The van der Waals surface area contributed by atoms with E-state index in [9.17, 15) is 4.79 Å². The van der Waals surface area contributed by atoms with Crippen LogP contribution in [-0.4, -0.2) is 19.2 Å². The van der Waals surface area contributed by atoms with Gasteiger partial charge in [0.15, 0.2) is 6.61 Å². The Labute approximate surface area is 93.4 Å². The van der Waals surface area contributed by atoms with Gasteiger partial charge >= 0.3 is 5.97 Å². The number of carbonyl (C=O) groups excluding carboxylic acids is 1. The van der Waals surface area contributed by atoms with Crippen molar-refractivity contribution in [3.63, 3.8) is 0 Å². The third kappa shape index (κ3) is 2.14. The molecule has 0 amide bonds. The topological polar surface area (TPSA) is 59.3 Å². The van der Waals surface area contributed by atoms with E-state index in [1.54, 1.807) is 6.07 Å². The van der Waals surface area contributed by atoms with Crippen LogP contribution in [0.2, 0.25) is 0 Å². The summed E-state index contributed by atoms with van der Waals surface area (Å²) in [5, 5.41) is 8.31. The molecule has 1 heterocycles.